The fraction of sp³-hybridized carbons (Fsp3) is 0.519. The van der Waals surface area contributed by atoms with E-state index in [1.54, 1.807) is 0 Å². The summed E-state index contributed by atoms with van der Waals surface area (Å²) in [5, 5.41) is 15.2. The summed E-state index contributed by atoms with van der Waals surface area (Å²) in [6.07, 6.45) is 0.422. The third kappa shape index (κ3) is 4.10. The average Bonchev–Trinajstić information content (AvgIpc) is 2.85. The van der Waals surface area contributed by atoms with Crippen LogP contribution < -0.4 is 10.1 Å². The second kappa shape index (κ2) is 7.67. The third-order valence-electron chi connectivity index (χ3n) is 6.42. The van der Waals surface area contributed by atoms with E-state index in [9.17, 15) is 9.90 Å². The maximum Gasteiger partial charge on any atom is 0.224 e. The fourth-order valence-corrected chi connectivity index (χ4v) is 4.36. The van der Waals surface area contributed by atoms with Gasteiger partial charge in [0.15, 0.2) is 5.60 Å². The molecule has 0 fully saturated rings. The number of nitrogens with one attached hydrogen (secondary N) is 1. The van der Waals surface area contributed by atoms with E-state index in [1.165, 1.54) is 5.56 Å². The van der Waals surface area contributed by atoms with Crippen LogP contribution in [-0.4, -0.2) is 16.6 Å². The molecule has 0 aromatic heterocycles. The van der Waals surface area contributed by atoms with E-state index in [0.717, 1.165) is 22.4 Å². The lowest BCUT2D eigenvalue weighted by Crippen LogP contribution is -2.47. The lowest BCUT2D eigenvalue weighted by Gasteiger charge is -2.36. The Morgan fingerprint density at radius 2 is 1.68 bits per heavy atom. The van der Waals surface area contributed by atoms with Crippen LogP contribution in [0.25, 0.3) is 0 Å². The normalized spacial score (nSPS) is 19.8. The first kappa shape index (κ1) is 23.3. The minimum Gasteiger partial charge on any atom is -0.483 e. The number of rotatable bonds is 4. The molecule has 0 saturated heterocycles. The van der Waals surface area contributed by atoms with Gasteiger partial charge in [-0.15, -0.1) is 0 Å². The quantitative estimate of drug-likeness (QED) is 0.615. The molecule has 2 N–H and O–H groups in total. The number of carbonyl (C=O) groups is 1. The van der Waals surface area contributed by atoms with Crippen LogP contribution in [0.15, 0.2) is 30.3 Å². The van der Waals surface area contributed by atoms with Crippen molar-refractivity contribution in [1.29, 1.82) is 0 Å². The van der Waals surface area contributed by atoms with E-state index >= 15 is 0 Å². The highest BCUT2D eigenvalue weighted by atomic mass is 16.5. The Bertz CT molecular complexity index is 997. The number of anilines is 1. The molecule has 1 aliphatic heterocycles. The Morgan fingerprint density at radius 3 is 2.19 bits per heavy atom. The first-order chi connectivity index (χ1) is 14.2. The molecule has 4 heteroatoms. The molecule has 4 nitrogen and oxygen atoms in total. The van der Waals surface area contributed by atoms with Gasteiger partial charge >= 0.3 is 0 Å². The van der Waals surface area contributed by atoms with E-state index in [2.05, 4.69) is 31.3 Å². The zero-order chi connectivity index (χ0) is 23.4. The number of hydrogen-bond donors (Lipinski definition) is 2. The molecule has 1 unspecified atom stereocenters. The second-order valence-corrected chi connectivity index (χ2v) is 10.9. The van der Waals surface area contributed by atoms with Gasteiger partial charge in [0.1, 0.15) is 11.4 Å². The number of fused-ring (bicyclic) bond motifs is 1. The van der Waals surface area contributed by atoms with Crippen LogP contribution >= 0.6 is 0 Å². The van der Waals surface area contributed by atoms with Gasteiger partial charge in [0.05, 0.1) is 0 Å². The van der Waals surface area contributed by atoms with Crippen LogP contribution in [0.4, 0.5) is 5.69 Å². The molecule has 0 spiro atoms. The van der Waals surface area contributed by atoms with Gasteiger partial charge in [0, 0.05) is 17.7 Å². The van der Waals surface area contributed by atoms with Crippen molar-refractivity contribution in [1.82, 2.24) is 0 Å². The van der Waals surface area contributed by atoms with Gasteiger partial charge in [0.25, 0.3) is 0 Å². The van der Waals surface area contributed by atoms with E-state index in [0.29, 0.717) is 23.7 Å². The van der Waals surface area contributed by atoms with Crippen LogP contribution in [0, 0.1) is 19.3 Å². The number of amides is 1. The van der Waals surface area contributed by atoms with Crippen molar-refractivity contribution in [2.75, 3.05) is 5.32 Å². The van der Waals surface area contributed by atoms with E-state index in [4.69, 9.17) is 4.74 Å². The fourth-order valence-electron chi connectivity index (χ4n) is 4.36. The van der Waals surface area contributed by atoms with Crippen molar-refractivity contribution in [2.24, 2.45) is 5.41 Å². The monoisotopic (exact) mass is 423 g/mol. The first-order valence-electron chi connectivity index (χ1n) is 11.1. The van der Waals surface area contributed by atoms with Gasteiger partial charge in [0.2, 0.25) is 5.91 Å². The van der Waals surface area contributed by atoms with Crippen molar-refractivity contribution in [3.8, 4) is 5.75 Å². The molecule has 2 aromatic carbocycles. The highest BCUT2D eigenvalue weighted by Gasteiger charge is 2.55. The lowest BCUT2D eigenvalue weighted by molar-refractivity contribution is -0.117. The Morgan fingerprint density at radius 1 is 1.10 bits per heavy atom. The molecule has 1 amide bonds. The Hall–Kier alpha value is -2.33. The molecule has 0 radical (unpaired) electrons. The van der Waals surface area contributed by atoms with Crippen LogP contribution in [0.1, 0.15) is 88.6 Å². The highest BCUT2D eigenvalue weighted by Crippen LogP contribution is 2.54. The summed E-state index contributed by atoms with van der Waals surface area (Å²) in [7, 11) is 0. The van der Waals surface area contributed by atoms with E-state index < -0.39 is 11.2 Å². The number of hydrogen-bond acceptors (Lipinski definition) is 3. The maximum atomic E-state index is 12.6. The van der Waals surface area contributed by atoms with Crippen LogP contribution in [-0.2, 0) is 10.4 Å². The zero-order valence-corrected chi connectivity index (χ0v) is 20.4. The molecular formula is C27H37NO3. The van der Waals surface area contributed by atoms with E-state index in [-0.39, 0.29) is 11.3 Å². The van der Waals surface area contributed by atoms with E-state index in [1.807, 2.05) is 66.7 Å². The Kier molecular flexibility index (Phi) is 5.77. The third-order valence-corrected chi connectivity index (χ3v) is 6.42. The van der Waals surface area contributed by atoms with Crippen LogP contribution in [0.3, 0.4) is 0 Å². The van der Waals surface area contributed by atoms with Crippen molar-refractivity contribution in [3.63, 3.8) is 0 Å². The van der Waals surface area contributed by atoms with Gasteiger partial charge in [-0.25, -0.2) is 0 Å². The molecule has 168 valence electrons. The van der Waals surface area contributed by atoms with Crippen molar-refractivity contribution in [2.45, 2.75) is 85.9 Å². The summed E-state index contributed by atoms with van der Waals surface area (Å²) in [5.41, 5.74) is 3.03. The van der Waals surface area contributed by atoms with Gasteiger partial charge in [-0.1, -0.05) is 58.9 Å². The number of ether oxygens (including phenoxy) is 1. The minimum atomic E-state index is -1.33. The summed E-state index contributed by atoms with van der Waals surface area (Å²) in [6.45, 7) is 18.2. The maximum absolute atomic E-state index is 12.6. The van der Waals surface area contributed by atoms with Crippen LogP contribution in [0.2, 0.25) is 0 Å². The molecule has 1 atom stereocenters. The predicted octanol–water partition coefficient (Wildman–Crippen LogP) is 6.21. The van der Waals surface area contributed by atoms with Gasteiger partial charge in [-0.2, -0.15) is 0 Å². The van der Waals surface area contributed by atoms with Crippen molar-refractivity contribution < 1.29 is 14.6 Å². The number of benzene rings is 2. The second-order valence-electron chi connectivity index (χ2n) is 10.9. The zero-order valence-electron chi connectivity index (χ0n) is 20.4. The smallest absolute Gasteiger partial charge is 0.224 e. The minimum absolute atomic E-state index is 0.0297. The SMILES string of the molecule is Cc1c(NC(=O)CC(C)(C)C)cc2c(c1C)OC(C)(C)C2(O)c1ccc(C(C)C)cc1. The first-order valence-corrected chi connectivity index (χ1v) is 11.1. The molecule has 2 aromatic rings. The molecule has 0 bridgehead atoms. The number of carbonyl (C=O) groups excluding carboxylic acids is 1. The molecule has 1 aliphatic rings. The predicted molar refractivity (Wildman–Crippen MR) is 127 cm³/mol. The topological polar surface area (TPSA) is 58.6 Å². The van der Waals surface area contributed by atoms with Crippen molar-refractivity contribution >= 4 is 11.6 Å². The largest absolute Gasteiger partial charge is 0.483 e. The van der Waals surface area contributed by atoms with Crippen molar-refractivity contribution in [3.05, 3.63) is 58.1 Å². The lowest BCUT2D eigenvalue weighted by atomic mass is 9.75. The summed E-state index contributed by atoms with van der Waals surface area (Å²) >= 11 is 0. The molecule has 1 heterocycles. The van der Waals surface area contributed by atoms with Gasteiger partial charge < -0.3 is 15.2 Å². The average molecular weight is 424 g/mol. The molecule has 31 heavy (non-hydrogen) atoms. The highest BCUT2D eigenvalue weighted by molar-refractivity contribution is 5.92. The summed E-state index contributed by atoms with van der Waals surface area (Å²) < 4.78 is 6.33. The van der Waals surface area contributed by atoms with Gasteiger partial charge in [-0.3, -0.25) is 4.79 Å². The Labute approximate surface area is 187 Å². The summed E-state index contributed by atoms with van der Waals surface area (Å²) in [4.78, 5) is 12.6. The molecule has 3 rings (SSSR count). The van der Waals surface area contributed by atoms with Gasteiger partial charge in [-0.05, 0) is 67.3 Å². The molecule has 0 aliphatic carbocycles. The Balaban J connectivity index is 2.11. The van der Waals surface area contributed by atoms with Crippen LogP contribution in [0.5, 0.6) is 5.75 Å². The standard InChI is InChI=1S/C27H37NO3/c1-16(2)19-10-12-20(13-11-19)27(30)21-14-22(28-23(29)15-25(5,6)7)17(3)18(4)24(21)31-26(27,8)9/h10-14,16,30H,15H2,1-9H3,(H,28,29). The number of aliphatic hydroxyl groups is 1. The molecular weight excluding hydrogens is 386 g/mol. The summed E-state index contributed by atoms with van der Waals surface area (Å²) in [5.74, 6) is 1.09. The molecule has 0 saturated carbocycles. The summed E-state index contributed by atoms with van der Waals surface area (Å²) in [6, 6.07) is 10.0.